The third kappa shape index (κ3) is 3.93. The molecule has 0 saturated carbocycles. The Morgan fingerprint density at radius 2 is 2.17 bits per heavy atom. The summed E-state index contributed by atoms with van der Waals surface area (Å²) in [5, 5.41) is 5.08. The molecule has 1 saturated heterocycles. The fraction of sp³-hybridized carbons (Fsp3) is 0.400. The highest BCUT2D eigenvalue weighted by atomic mass is 16.5. The van der Waals surface area contributed by atoms with E-state index in [-0.39, 0.29) is 17.8 Å². The van der Waals surface area contributed by atoms with Gasteiger partial charge in [0, 0.05) is 61.9 Å². The van der Waals surface area contributed by atoms with Crippen molar-refractivity contribution in [1.82, 2.24) is 24.3 Å². The van der Waals surface area contributed by atoms with Crippen LogP contribution in [0, 0.1) is 6.92 Å². The summed E-state index contributed by atoms with van der Waals surface area (Å²) in [6.45, 7) is 4.58. The first kappa shape index (κ1) is 23.0. The van der Waals surface area contributed by atoms with Gasteiger partial charge in [0.2, 0.25) is 0 Å². The van der Waals surface area contributed by atoms with Gasteiger partial charge in [0.1, 0.15) is 11.2 Å². The molecule has 182 valence electrons. The number of hydrogen-bond donors (Lipinski definition) is 1. The van der Waals surface area contributed by atoms with Gasteiger partial charge in [-0.25, -0.2) is 9.78 Å². The molecule has 2 atom stereocenters. The maximum absolute atomic E-state index is 13.6. The fourth-order valence-corrected chi connectivity index (χ4v) is 4.87. The third-order valence-corrected chi connectivity index (χ3v) is 6.57. The van der Waals surface area contributed by atoms with Gasteiger partial charge in [-0.05, 0) is 32.3 Å². The van der Waals surface area contributed by atoms with E-state index in [1.807, 2.05) is 26.2 Å². The van der Waals surface area contributed by atoms with Gasteiger partial charge in [0.25, 0.3) is 0 Å². The Bertz CT molecular complexity index is 1530. The van der Waals surface area contributed by atoms with Crippen LogP contribution in [0.15, 0.2) is 38.9 Å². The van der Waals surface area contributed by atoms with Crippen molar-refractivity contribution < 1.29 is 9.15 Å². The van der Waals surface area contributed by atoms with Crippen LogP contribution in [0.4, 0.5) is 0 Å². The van der Waals surface area contributed by atoms with Gasteiger partial charge >= 0.3 is 5.69 Å². The molecule has 4 aromatic rings. The molecule has 0 aromatic carbocycles. The van der Waals surface area contributed by atoms with E-state index in [1.165, 1.54) is 6.20 Å². The first-order valence-corrected chi connectivity index (χ1v) is 11.8. The van der Waals surface area contributed by atoms with E-state index in [2.05, 4.69) is 22.0 Å². The van der Waals surface area contributed by atoms with Crippen molar-refractivity contribution in [3.05, 3.63) is 46.5 Å². The number of rotatable bonds is 5. The molecule has 35 heavy (non-hydrogen) atoms. The van der Waals surface area contributed by atoms with Crippen LogP contribution in [0.1, 0.15) is 43.6 Å². The van der Waals surface area contributed by atoms with Gasteiger partial charge < -0.3 is 14.9 Å². The lowest BCUT2D eigenvalue weighted by atomic mass is 10.0. The largest absolute Gasteiger partial charge is 0.450 e. The molecular weight excluding hydrogens is 446 g/mol. The Morgan fingerprint density at radius 1 is 1.34 bits per heavy atom. The molecule has 0 aliphatic carbocycles. The van der Waals surface area contributed by atoms with E-state index in [9.17, 15) is 4.79 Å². The number of furan rings is 1. The molecule has 10 nitrogen and oxygen atoms in total. The minimum atomic E-state index is -0.349. The maximum Gasteiger partial charge on any atom is 0.349 e. The van der Waals surface area contributed by atoms with Crippen molar-refractivity contribution in [2.75, 3.05) is 13.7 Å². The molecule has 1 aliphatic rings. The lowest BCUT2D eigenvalue weighted by Crippen LogP contribution is -2.34. The molecule has 0 radical (unpaired) electrons. The zero-order chi connectivity index (χ0) is 24.7. The Balaban J connectivity index is 1.86. The lowest BCUT2D eigenvalue weighted by molar-refractivity contribution is -0.00711. The second-order valence-electron chi connectivity index (χ2n) is 8.85. The summed E-state index contributed by atoms with van der Waals surface area (Å²) >= 11 is 0. The Hall–Kier alpha value is -3.79. The molecule has 2 N–H and O–H groups in total. The van der Waals surface area contributed by atoms with Gasteiger partial charge in [-0.3, -0.25) is 14.2 Å². The summed E-state index contributed by atoms with van der Waals surface area (Å²) in [6.07, 6.45) is 9.07. The molecule has 10 heteroatoms. The maximum atomic E-state index is 13.6. The summed E-state index contributed by atoms with van der Waals surface area (Å²) in [5.41, 5.74) is 10.6. The number of pyridine rings is 1. The Kier molecular flexibility index (Phi) is 5.98. The summed E-state index contributed by atoms with van der Waals surface area (Å²) < 4.78 is 15.8. The van der Waals surface area contributed by atoms with Crippen LogP contribution in [-0.4, -0.2) is 50.3 Å². The summed E-state index contributed by atoms with van der Waals surface area (Å²) in [4.78, 5) is 26.9. The Labute approximate surface area is 202 Å². The van der Waals surface area contributed by atoms with Crippen LogP contribution in [-0.2, 0) is 11.8 Å². The number of aliphatic imine (C=N–C) groups is 1. The second kappa shape index (κ2) is 9.10. The fourth-order valence-electron chi connectivity index (χ4n) is 4.87. The van der Waals surface area contributed by atoms with E-state index >= 15 is 0 Å². The average molecular weight is 476 g/mol. The van der Waals surface area contributed by atoms with Gasteiger partial charge in [0.15, 0.2) is 11.2 Å². The van der Waals surface area contributed by atoms with Crippen LogP contribution in [0.25, 0.3) is 38.9 Å². The van der Waals surface area contributed by atoms with E-state index < -0.39 is 0 Å². The number of ether oxygens (including phenoxy) is 1. The molecular formula is C25H29N7O3. The highest BCUT2D eigenvalue weighted by Crippen LogP contribution is 2.37. The number of hydrogen-bond acceptors (Lipinski definition) is 8. The second-order valence-corrected chi connectivity index (χ2v) is 8.85. The molecule has 5 rings (SSSR count). The number of aromatic nitrogens is 5. The molecule has 4 aromatic heterocycles. The number of allylic oxidation sites excluding steroid dienone is 1. The number of nitrogens with zero attached hydrogens (tertiary/aromatic N) is 6. The monoisotopic (exact) mass is 475 g/mol. The summed E-state index contributed by atoms with van der Waals surface area (Å²) in [7, 11) is 3.50. The van der Waals surface area contributed by atoms with Crippen molar-refractivity contribution in [3.8, 4) is 11.3 Å². The van der Waals surface area contributed by atoms with E-state index in [0.29, 0.717) is 40.3 Å². The van der Waals surface area contributed by atoms with Crippen molar-refractivity contribution in [3.63, 3.8) is 0 Å². The quantitative estimate of drug-likeness (QED) is 0.439. The Morgan fingerprint density at radius 3 is 2.86 bits per heavy atom. The predicted molar refractivity (Wildman–Crippen MR) is 135 cm³/mol. The number of fused-ring (bicyclic) bond motifs is 3. The smallest absolute Gasteiger partial charge is 0.349 e. The SMILES string of the molecule is CC[C@H]1C[C@@H](n2c(=O)nc(C(C=NC)=CN)c3oc4c(C)nc(-c5cnn(C)c5)cc4c32)CCO1. The van der Waals surface area contributed by atoms with Gasteiger partial charge in [-0.15, -0.1) is 0 Å². The molecule has 0 bridgehead atoms. The van der Waals surface area contributed by atoms with Crippen molar-refractivity contribution >= 4 is 33.9 Å². The van der Waals surface area contributed by atoms with Crippen LogP contribution in [0.5, 0.6) is 0 Å². The predicted octanol–water partition coefficient (Wildman–Crippen LogP) is 3.38. The van der Waals surface area contributed by atoms with Crippen LogP contribution >= 0.6 is 0 Å². The molecule has 5 heterocycles. The van der Waals surface area contributed by atoms with Crippen molar-refractivity contribution in [2.45, 2.75) is 45.3 Å². The minimum absolute atomic E-state index is 0.0634. The minimum Gasteiger partial charge on any atom is -0.450 e. The molecule has 1 fully saturated rings. The zero-order valence-corrected chi connectivity index (χ0v) is 20.4. The molecule has 0 amide bonds. The lowest BCUT2D eigenvalue weighted by Gasteiger charge is -2.30. The van der Waals surface area contributed by atoms with E-state index in [4.69, 9.17) is 19.9 Å². The van der Waals surface area contributed by atoms with Crippen LogP contribution in [0.2, 0.25) is 0 Å². The average Bonchev–Trinajstić information content (AvgIpc) is 3.46. The molecule has 1 aliphatic heterocycles. The van der Waals surface area contributed by atoms with Crippen LogP contribution in [0.3, 0.4) is 0 Å². The third-order valence-electron chi connectivity index (χ3n) is 6.57. The van der Waals surface area contributed by atoms with Crippen molar-refractivity contribution in [1.29, 1.82) is 0 Å². The standard InChI is InChI=1S/C25H29N7O3/c1-5-18-8-17(6-7-34-18)32-22-19-9-20(16-12-28-31(4)13-16)29-14(2)23(19)35-24(22)21(30-25(32)33)15(10-26)11-27-3/h9-13,17-18H,5-8,26H2,1-4H3/t17-,18-/m0/s1. The topological polar surface area (TPSA) is 126 Å². The summed E-state index contributed by atoms with van der Waals surface area (Å²) in [6, 6.07) is 1.90. The highest BCUT2D eigenvalue weighted by Gasteiger charge is 2.29. The first-order chi connectivity index (χ1) is 16.9. The first-order valence-electron chi connectivity index (χ1n) is 11.8. The van der Waals surface area contributed by atoms with Gasteiger partial charge in [0.05, 0.1) is 23.7 Å². The van der Waals surface area contributed by atoms with Crippen molar-refractivity contribution in [2.24, 2.45) is 17.8 Å². The highest BCUT2D eigenvalue weighted by molar-refractivity contribution is 6.15. The summed E-state index contributed by atoms with van der Waals surface area (Å²) in [5.74, 6) is 0. The van der Waals surface area contributed by atoms with Gasteiger partial charge in [-0.1, -0.05) is 6.92 Å². The zero-order valence-electron chi connectivity index (χ0n) is 20.4. The number of nitrogens with two attached hydrogens (primary N) is 1. The van der Waals surface area contributed by atoms with E-state index in [1.54, 1.807) is 28.7 Å². The van der Waals surface area contributed by atoms with E-state index in [0.717, 1.165) is 35.9 Å². The molecule has 0 spiro atoms. The van der Waals surface area contributed by atoms with Gasteiger partial charge in [-0.2, -0.15) is 10.1 Å². The molecule has 0 unspecified atom stereocenters. The van der Waals surface area contributed by atoms with Crippen LogP contribution < -0.4 is 11.4 Å². The number of aryl methyl sites for hydroxylation is 2. The normalized spacial score (nSPS) is 19.4.